The summed E-state index contributed by atoms with van der Waals surface area (Å²) in [7, 11) is 0. The molecule has 0 radical (unpaired) electrons. The van der Waals surface area contributed by atoms with Crippen molar-refractivity contribution >= 4 is 23.8 Å². The molecule has 2 fully saturated rings. The van der Waals surface area contributed by atoms with Crippen molar-refractivity contribution in [3.8, 4) is 0 Å². The quantitative estimate of drug-likeness (QED) is 0.837. The maximum absolute atomic E-state index is 12.3. The molecule has 0 aromatic carbocycles. The zero-order valence-corrected chi connectivity index (χ0v) is 13.5. The molecule has 1 atom stereocenters. The maximum Gasteiger partial charge on any atom is 0.327 e. The minimum Gasteiger partial charge on any atom is -0.480 e. The van der Waals surface area contributed by atoms with Gasteiger partial charge >= 0.3 is 12.0 Å². The molecule has 2 amide bonds. The van der Waals surface area contributed by atoms with Gasteiger partial charge in [-0.25, -0.2) is 9.59 Å². The molecule has 1 unspecified atom stereocenters. The normalized spacial score (nSPS) is 30.0. The Morgan fingerprint density at radius 1 is 1.29 bits per heavy atom. The first-order valence-corrected chi connectivity index (χ1v) is 9.15. The predicted octanol–water partition coefficient (Wildman–Crippen LogP) is 2.56. The third-order valence-corrected chi connectivity index (χ3v) is 5.57. The lowest BCUT2D eigenvalue weighted by molar-refractivity contribution is -0.141. The van der Waals surface area contributed by atoms with E-state index in [0.29, 0.717) is 12.3 Å². The molecule has 6 heteroatoms. The highest BCUT2D eigenvalue weighted by molar-refractivity contribution is 7.99. The van der Waals surface area contributed by atoms with Crippen LogP contribution >= 0.6 is 11.8 Å². The Bertz CT molecular complexity index is 370. The summed E-state index contributed by atoms with van der Waals surface area (Å²) in [5.74, 6) is 1.22. The molecule has 1 aliphatic heterocycles. The van der Waals surface area contributed by atoms with Crippen molar-refractivity contribution in [3.63, 3.8) is 0 Å². The van der Waals surface area contributed by atoms with E-state index in [4.69, 9.17) is 0 Å². The second-order valence-corrected chi connectivity index (χ2v) is 7.23. The molecule has 2 rings (SSSR count). The van der Waals surface area contributed by atoms with Gasteiger partial charge in [0.2, 0.25) is 0 Å². The number of nitrogens with zero attached hydrogens (tertiary/aromatic N) is 1. The van der Waals surface area contributed by atoms with Crippen molar-refractivity contribution in [2.75, 3.05) is 18.1 Å². The van der Waals surface area contributed by atoms with E-state index in [1.807, 2.05) is 0 Å². The predicted molar refractivity (Wildman–Crippen MR) is 84.6 cm³/mol. The van der Waals surface area contributed by atoms with Crippen molar-refractivity contribution in [3.05, 3.63) is 0 Å². The molecular weight excluding hydrogens is 288 g/mol. The van der Waals surface area contributed by atoms with Gasteiger partial charge in [-0.05, 0) is 31.6 Å². The van der Waals surface area contributed by atoms with Crippen molar-refractivity contribution in [2.24, 2.45) is 5.92 Å². The van der Waals surface area contributed by atoms with Gasteiger partial charge < -0.3 is 15.3 Å². The number of carbonyl (C=O) groups is 2. The number of nitrogens with one attached hydrogen (secondary N) is 1. The fourth-order valence-corrected chi connectivity index (χ4v) is 4.35. The highest BCUT2D eigenvalue weighted by atomic mass is 32.2. The SMILES string of the molecule is CCCC1CCC(NC(=O)N2CCSCC2C(=O)O)CC1. The molecule has 21 heavy (non-hydrogen) atoms. The zero-order valence-electron chi connectivity index (χ0n) is 12.7. The van der Waals surface area contributed by atoms with E-state index in [1.54, 1.807) is 11.8 Å². The number of hydrogen-bond acceptors (Lipinski definition) is 3. The molecule has 1 aliphatic carbocycles. The van der Waals surface area contributed by atoms with Crippen LogP contribution in [-0.4, -0.2) is 52.1 Å². The van der Waals surface area contributed by atoms with Crippen LogP contribution in [0.3, 0.4) is 0 Å². The number of carboxylic acid groups (broad SMARTS) is 1. The Labute approximate surface area is 130 Å². The summed E-state index contributed by atoms with van der Waals surface area (Å²) in [5, 5.41) is 12.3. The molecule has 0 bridgehead atoms. The van der Waals surface area contributed by atoms with Crippen LogP contribution in [0.4, 0.5) is 4.79 Å². The number of urea groups is 1. The maximum atomic E-state index is 12.3. The van der Waals surface area contributed by atoms with Crippen molar-refractivity contribution in [2.45, 2.75) is 57.5 Å². The first kappa shape index (κ1) is 16.5. The number of carboxylic acids is 1. The van der Waals surface area contributed by atoms with Crippen LogP contribution in [0.2, 0.25) is 0 Å². The fraction of sp³-hybridized carbons (Fsp3) is 0.867. The molecule has 0 aromatic heterocycles. The van der Waals surface area contributed by atoms with Gasteiger partial charge in [0.05, 0.1) is 0 Å². The number of aliphatic carboxylic acids is 1. The third kappa shape index (κ3) is 4.53. The average molecular weight is 314 g/mol. The van der Waals surface area contributed by atoms with Gasteiger partial charge in [-0.2, -0.15) is 11.8 Å². The summed E-state index contributed by atoms with van der Waals surface area (Å²) in [4.78, 5) is 25.1. The fourth-order valence-electron chi connectivity index (χ4n) is 3.31. The van der Waals surface area contributed by atoms with Gasteiger partial charge in [0.15, 0.2) is 0 Å². The summed E-state index contributed by atoms with van der Waals surface area (Å²) >= 11 is 1.60. The number of thioether (sulfide) groups is 1. The van der Waals surface area contributed by atoms with E-state index in [9.17, 15) is 14.7 Å². The largest absolute Gasteiger partial charge is 0.480 e. The highest BCUT2D eigenvalue weighted by Gasteiger charge is 2.33. The van der Waals surface area contributed by atoms with Crippen LogP contribution in [0.25, 0.3) is 0 Å². The first-order valence-electron chi connectivity index (χ1n) is 7.99. The molecule has 1 saturated carbocycles. The van der Waals surface area contributed by atoms with E-state index in [0.717, 1.165) is 24.5 Å². The summed E-state index contributed by atoms with van der Waals surface area (Å²) in [6, 6.07) is -0.656. The van der Waals surface area contributed by atoms with Gasteiger partial charge in [-0.15, -0.1) is 0 Å². The smallest absolute Gasteiger partial charge is 0.327 e. The van der Waals surface area contributed by atoms with Crippen LogP contribution in [0.1, 0.15) is 45.4 Å². The Morgan fingerprint density at radius 3 is 2.62 bits per heavy atom. The lowest BCUT2D eigenvalue weighted by Crippen LogP contribution is -2.55. The van der Waals surface area contributed by atoms with Gasteiger partial charge in [0.1, 0.15) is 6.04 Å². The topological polar surface area (TPSA) is 69.6 Å². The molecular formula is C15H26N2O3S. The summed E-state index contributed by atoms with van der Waals surface area (Å²) in [6.07, 6.45) is 6.92. The van der Waals surface area contributed by atoms with Crippen molar-refractivity contribution in [1.82, 2.24) is 10.2 Å². The van der Waals surface area contributed by atoms with Crippen LogP contribution in [0, 0.1) is 5.92 Å². The Kier molecular flexibility index (Phi) is 6.21. The number of rotatable bonds is 4. The van der Waals surface area contributed by atoms with Crippen LogP contribution in [0.15, 0.2) is 0 Å². The van der Waals surface area contributed by atoms with Gasteiger partial charge in [0.25, 0.3) is 0 Å². The molecule has 5 nitrogen and oxygen atoms in total. The van der Waals surface area contributed by atoms with E-state index in [-0.39, 0.29) is 12.1 Å². The number of hydrogen-bond donors (Lipinski definition) is 2. The lowest BCUT2D eigenvalue weighted by Gasteiger charge is -2.35. The summed E-state index contributed by atoms with van der Waals surface area (Å²) in [5.41, 5.74) is 0. The van der Waals surface area contributed by atoms with Crippen molar-refractivity contribution in [1.29, 1.82) is 0 Å². The monoisotopic (exact) mass is 314 g/mol. The van der Waals surface area contributed by atoms with Crippen LogP contribution in [-0.2, 0) is 4.79 Å². The molecule has 0 spiro atoms. The van der Waals surface area contributed by atoms with Gasteiger partial charge in [-0.3, -0.25) is 0 Å². The second-order valence-electron chi connectivity index (χ2n) is 6.08. The first-order chi connectivity index (χ1) is 10.1. The van der Waals surface area contributed by atoms with E-state index in [1.165, 1.54) is 30.6 Å². The number of carbonyl (C=O) groups excluding carboxylic acids is 1. The highest BCUT2D eigenvalue weighted by Crippen LogP contribution is 2.28. The molecule has 1 saturated heterocycles. The number of amides is 2. The average Bonchev–Trinajstić information content (AvgIpc) is 2.49. The summed E-state index contributed by atoms with van der Waals surface area (Å²) < 4.78 is 0. The van der Waals surface area contributed by atoms with Crippen LogP contribution < -0.4 is 5.32 Å². The Balaban J connectivity index is 1.82. The molecule has 1 heterocycles. The zero-order chi connectivity index (χ0) is 15.2. The van der Waals surface area contributed by atoms with Gasteiger partial charge in [0, 0.05) is 24.1 Å². The molecule has 2 aliphatic rings. The van der Waals surface area contributed by atoms with Crippen molar-refractivity contribution < 1.29 is 14.7 Å². The Hall–Kier alpha value is -0.910. The third-order valence-electron chi connectivity index (χ3n) is 4.55. The molecule has 0 aromatic rings. The Morgan fingerprint density at radius 2 is 2.00 bits per heavy atom. The minimum absolute atomic E-state index is 0.193. The lowest BCUT2D eigenvalue weighted by atomic mass is 9.83. The van der Waals surface area contributed by atoms with Crippen LogP contribution in [0.5, 0.6) is 0 Å². The molecule has 120 valence electrons. The minimum atomic E-state index is -0.899. The van der Waals surface area contributed by atoms with E-state index < -0.39 is 12.0 Å². The van der Waals surface area contributed by atoms with E-state index in [2.05, 4.69) is 12.2 Å². The standard InChI is InChI=1S/C15H26N2O3S/c1-2-3-11-4-6-12(7-5-11)16-15(20)17-8-9-21-10-13(17)14(18)19/h11-13H,2-10H2,1H3,(H,16,20)(H,18,19). The second kappa shape index (κ2) is 7.92. The molecule has 2 N–H and O–H groups in total. The van der Waals surface area contributed by atoms with Gasteiger partial charge in [-0.1, -0.05) is 19.8 Å². The summed E-state index contributed by atoms with van der Waals surface area (Å²) in [6.45, 7) is 2.74. The van der Waals surface area contributed by atoms with E-state index >= 15 is 0 Å².